The zero-order chi connectivity index (χ0) is 16.8. The molecule has 1 N–H and O–H groups in total. The summed E-state index contributed by atoms with van der Waals surface area (Å²) in [7, 11) is 10.2. The smallest absolute Gasteiger partial charge is 0.193 e. The molecule has 0 aliphatic heterocycles. The van der Waals surface area contributed by atoms with E-state index in [9.17, 15) is 0 Å². The number of thiophene rings is 1. The van der Waals surface area contributed by atoms with Crippen LogP contribution in [0.5, 0.6) is 0 Å². The average molecular weight is 461 g/mol. The molecule has 1 atom stereocenters. The first kappa shape index (κ1) is 21.0. The van der Waals surface area contributed by atoms with Crippen LogP contribution in [0.3, 0.4) is 0 Å². The van der Waals surface area contributed by atoms with Gasteiger partial charge in [0, 0.05) is 44.5 Å². The number of guanidine groups is 1. The molecular weight excluding hydrogens is 433 g/mol. The minimum Gasteiger partial charge on any atom is -0.354 e. The van der Waals surface area contributed by atoms with Crippen molar-refractivity contribution in [3.8, 4) is 0 Å². The molecule has 0 aromatic carbocycles. The number of hydrogen-bond donors (Lipinski definition) is 1. The zero-order valence-corrected chi connectivity index (χ0v) is 18.2. The molecule has 2 heterocycles. The molecule has 0 aliphatic rings. The quantitative estimate of drug-likeness (QED) is 0.408. The van der Waals surface area contributed by atoms with Gasteiger partial charge in [0.15, 0.2) is 5.96 Å². The van der Waals surface area contributed by atoms with Crippen molar-refractivity contribution in [2.45, 2.75) is 12.6 Å². The van der Waals surface area contributed by atoms with Gasteiger partial charge in [-0.05, 0) is 37.7 Å². The predicted molar refractivity (Wildman–Crippen MR) is 114 cm³/mol. The Labute approximate surface area is 166 Å². The van der Waals surface area contributed by atoms with Gasteiger partial charge in [-0.25, -0.2) is 0 Å². The van der Waals surface area contributed by atoms with Crippen LogP contribution in [0.4, 0.5) is 0 Å². The zero-order valence-electron chi connectivity index (χ0n) is 15.1. The van der Waals surface area contributed by atoms with E-state index < -0.39 is 0 Å². The topological polar surface area (TPSA) is 35.8 Å². The van der Waals surface area contributed by atoms with E-state index >= 15 is 0 Å². The molecule has 5 nitrogen and oxygen atoms in total. The summed E-state index contributed by atoms with van der Waals surface area (Å²) in [5, 5.41) is 5.63. The van der Waals surface area contributed by atoms with Crippen molar-refractivity contribution in [1.29, 1.82) is 0 Å². The second-order valence-electron chi connectivity index (χ2n) is 5.89. The fourth-order valence-corrected chi connectivity index (χ4v) is 3.49. The monoisotopic (exact) mass is 461 g/mol. The lowest BCUT2D eigenvalue weighted by Gasteiger charge is -2.27. The van der Waals surface area contributed by atoms with Crippen LogP contribution in [0, 0.1) is 0 Å². The number of nitrogens with one attached hydrogen (secondary N) is 1. The van der Waals surface area contributed by atoms with Gasteiger partial charge in [-0.1, -0.05) is 6.07 Å². The molecule has 24 heavy (non-hydrogen) atoms. The van der Waals surface area contributed by atoms with E-state index in [1.54, 1.807) is 11.3 Å². The van der Waals surface area contributed by atoms with Gasteiger partial charge in [-0.3, -0.25) is 4.99 Å². The van der Waals surface area contributed by atoms with Crippen molar-refractivity contribution in [1.82, 2.24) is 19.7 Å². The number of aromatic nitrogens is 1. The lowest BCUT2D eigenvalue weighted by molar-refractivity contribution is 0.299. The Bertz CT molecular complexity index is 621. The molecule has 0 saturated carbocycles. The molecule has 0 saturated heterocycles. The third-order valence-corrected chi connectivity index (χ3v) is 4.95. The van der Waals surface area contributed by atoms with E-state index in [1.807, 2.05) is 7.05 Å². The van der Waals surface area contributed by atoms with Crippen LogP contribution < -0.4 is 5.32 Å². The summed E-state index contributed by atoms with van der Waals surface area (Å²) in [6.45, 7) is 1.66. The van der Waals surface area contributed by atoms with Crippen molar-refractivity contribution in [2.24, 2.45) is 12.0 Å². The number of aryl methyl sites for hydroxylation is 1. The second kappa shape index (κ2) is 10.0. The van der Waals surface area contributed by atoms with Crippen LogP contribution in [-0.4, -0.2) is 55.1 Å². The average Bonchev–Trinajstić information content (AvgIpc) is 3.16. The first-order valence-electron chi connectivity index (χ1n) is 7.74. The normalized spacial score (nSPS) is 12.8. The highest BCUT2D eigenvalue weighted by Gasteiger charge is 2.17. The molecule has 0 spiro atoms. The highest BCUT2D eigenvalue weighted by Crippen LogP contribution is 2.22. The summed E-state index contributed by atoms with van der Waals surface area (Å²) >= 11 is 1.79. The van der Waals surface area contributed by atoms with Crippen molar-refractivity contribution in [3.63, 3.8) is 0 Å². The lowest BCUT2D eigenvalue weighted by Crippen LogP contribution is -2.42. The number of rotatable bonds is 6. The summed E-state index contributed by atoms with van der Waals surface area (Å²) in [5.74, 6) is 0.912. The fraction of sp³-hybridized carbons (Fsp3) is 0.471. The summed E-state index contributed by atoms with van der Waals surface area (Å²) in [6.07, 6.45) is 2.07. The van der Waals surface area contributed by atoms with Crippen molar-refractivity contribution >= 4 is 41.3 Å². The van der Waals surface area contributed by atoms with Gasteiger partial charge >= 0.3 is 0 Å². The van der Waals surface area contributed by atoms with E-state index in [2.05, 4.69) is 88.7 Å². The summed E-state index contributed by atoms with van der Waals surface area (Å²) in [6, 6.07) is 8.84. The maximum Gasteiger partial charge on any atom is 0.193 e. The largest absolute Gasteiger partial charge is 0.354 e. The van der Waals surface area contributed by atoms with Crippen molar-refractivity contribution < 1.29 is 0 Å². The molecular formula is C17H28IN5S. The Morgan fingerprint density at radius 2 is 2.04 bits per heavy atom. The maximum absolute atomic E-state index is 4.42. The van der Waals surface area contributed by atoms with E-state index in [4.69, 9.17) is 0 Å². The second-order valence-corrected chi connectivity index (χ2v) is 6.87. The Hall–Kier alpha value is -1.06. The minimum atomic E-state index is 0. The third-order valence-electron chi connectivity index (χ3n) is 3.97. The Kier molecular flexibility index (Phi) is 8.79. The molecule has 0 fully saturated rings. The van der Waals surface area contributed by atoms with Gasteiger partial charge in [0.1, 0.15) is 0 Å². The molecule has 134 valence electrons. The Balaban J connectivity index is 0.00000288. The molecule has 0 aliphatic carbocycles. The Morgan fingerprint density at radius 3 is 2.54 bits per heavy atom. The first-order chi connectivity index (χ1) is 11.0. The fourth-order valence-electron chi connectivity index (χ4n) is 2.57. The summed E-state index contributed by atoms with van der Waals surface area (Å²) in [4.78, 5) is 10.2. The van der Waals surface area contributed by atoms with Gasteiger partial charge in [-0.15, -0.1) is 35.3 Å². The van der Waals surface area contributed by atoms with Gasteiger partial charge < -0.3 is 19.7 Å². The maximum atomic E-state index is 4.42. The number of aliphatic imine (C=N–C) groups is 1. The summed E-state index contributed by atoms with van der Waals surface area (Å²) in [5.41, 5.74) is 1.26. The van der Waals surface area contributed by atoms with Gasteiger partial charge in [0.05, 0.1) is 12.6 Å². The molecule has 2 aromatic rings. The van der Waals surface area contributed by atoms with Crippen molar-refractivity contribution in [2.75, 3.05) is 34.7 Å². The number of hydrogen-bond acceptors (Lipinski definition) is 3. The molecule has 1 unspecified atom stereocenters. The lowest BCUT2D eigenvalue weighted by atomic mass is 10.2. The van der Waals surface area contributed by atoms with Crippen LogP contribution in [0.1, 0.15) is 16.6 Å². The highest BCUT2D eigenvalue weighted by molar-refractivity contribution is 14.0. The predicted octanol–water partition coefficient (Wildman–Crippen LogP) is 3.01. The van der Waals surface area contributed by atoms with E-state index in [-0.39, 0.29) is 24.0 Å². The van der Waals surface area contributed by atoms with Crippen LogP contribution >= 0.6 is 35.3 Å². The number of halogens is 1. The van der Waals surface area contributed by atoms with Crippen LogP contribution in [0.2, 0.25) is 0 Å². The molecule has 7 heteroatoms. The molecule has 2 aromatic heterocycles. The number of likely N-dealkylation sites (N-methyl/N-ethyl adjacent to an activating group) is 1. The standard InChI is InChI=1S/C17H27N5S.HI/c1-18-17(22(5)13-14-8-6-10-21(14)4)19-12-15(20(2)3)16-9-7-11-23-16;/h6-11,15H,12-13H2,1-5H3,(H,18,19);1H. The third kappa shape index (κ3) is 5.49. The SMILES string of the molecule is CN=C(NCC(c1cccs1)N(C)C)N(C)Cc1cccn1C.I. The van der Waals surface area contributed by atoms with E-state index in [0.29, 0.717) is 6.04 Å². The van der Waals surface area contributed by atoms with Crippen LogP contribution in [-0.2, 0) is 13.6 Å². The van der Waals surface area contributed by atoms with Crippen LogP contribution in [0.25, 0.3) is 0 Å². The van der Waals surface area contributed by atoms with Gasteiger partial charge in [-0.2, -0.15) is 0 Å². The van der Waals surface area contributed by atoms with E-state index in [0.717, 1.165) is 19.0 Å². The van der Waals surface area contributed by atoms with Gasteiger partial charge in [0.25, 0.3) is 0 Å². The molecule has 0 bridgehead atoms. The van der Waals surface area contributed by atoms with Gasteiger partial charge in [0.2, 0.25) is 0 Å². The molecule has 2 rings (SSSR count). The van der Waals surface area contributed by atoms with Crippen molar-refractivity contribution in [3.05, 3.63) is 46.4 Å². The van der Waals surface area contributed by atoms with Crippen LogP contribution in [0.15, 0.2) is 40.8 Å². The molecule has 0 amide bonds. The number of nitrogens with zero attached hydrogens (tertiary/aromatic N) is 4. The first-order valence-corrected chi connectivity index (χ1v) is 8.62. The summed E-state index contributed by atoms with van der Waals surface area (Å²) < 4.78 is 2.14. The van der Waals surface area contributed by atoms with E-state index in [1.165, 1.54) is 10.6 Å². The highest BCUT2D eigenvalue weighted by atomic mass is 127. The minimum absolute atomic E-state index is 0. The molecule has 0 radical (unpaired) electrons. The Morgan fingerprint density at radius 1 is 1.29 bits per heavy atom.